The van der Waals surface area contributed by atoms with Gasteiger partial charge in [-0.05, 0) is 49.8 Å². The van der Waals surface area contributed by atoms with E-state index in [2.05, 4.69) is 10.6 Å². The molecule has 4 nitrogen and oxygen atoms in total. The Morgan fingerprint density at radius 3 is 2.50 bits per heavy atom. The summed E-state index contributed by atoms with van der Waals surface area (Å²) in [6.07, 6.45) is 3.62. The van der Waals surface area contributed by atoms with Crippen LogP contribution in [0.3, 0.4) is 0 Å². The highest BCUT2D eigenvalue weighted by Crippen LogP contribution is 2.18. The lowest BCUT2D eigenvalue weighted by atomic mass is 9.93. The molecule has 1 aromatic carbocycles. The van der Waals surface area contributed by atoms with Crippen LogP contribution >= 0.6 is 0 Å². The van der Waals surface area contributed by atoms with E-state index in [0.29, 0.717) is 13.0 Å². The molecule has 1 aliphatic rings. The van der Waals surface area contributed by atoms with E-state index in [-0.39, 0.29) is 24.0 Å². The minimum Gasteiger partial charge on any atom is -0.393 e. The van der Waals surface area contributed by atoms with Crippen LogP contribution in [0.15, 0.2) is 24.3 Å². The minimum atomic E-state index is -0.251. The van der Waals surface area contributed by atoms with Crippen molar-refractivity contribution in [1.29, 1.82) is 0 Å². The number of aliphatic hydroxyl groups is 1. The van der Waals surface area contributed by atoms with E-state index < -0.39 is 0 Å². The largest absolute Gasteiger partial charge is 0.393 e. The second-order valence-electron chi connectivity index (χ2n) is 5.28. The van der Waals surface area contributed by atoms with Gasteiger partial charge in [-0.1, -0.05) is 12.1 Å². The Hall–Kier alpha value is -1.62. The lowest BCUT2D eigenvalue weighted by molar-refractivity contribution is 0.117. The first-order valence-corrected chi connectivity index (χ1v) is 7.10. The highest BCUT2D eigenvalue weighted by atomic mass is 19.1. The Morgan fingerprint density at radius 1 is 1.20 bits per heavy atom. The summed E-state index contributed by atoms with van der Waals surface area (Å²) in [6, 6.07) is 6.26. The van der Waals surface area contributed by atoms with Gasteiger partial charge in [-0.15, -0.1) is 0 Å². The van der Waals surface area contributed by atoms with E-state index >= 15 is 0 Å². The molecule has 0 unspecified atom stereocenters. The molecule has 0 heterocycles. The van der Waals surface area contributed by atoms with Gasteiger partial charge >= 0.3 is 6.03 Å². The SMILES string of the molecule is O=C(NCCc1ccc(F)cc1)NC1CCC(O)CC1. The number of rotatable bonds is 4. The van der Waals surface area contributed by atoms with Gasteiger partial charge in [0, 0.05) is 12.6 Å². The van der Waals surface area contributed by atoms with Crippen LogP contribution in [0.25, 0.3) is 0 Å². The highest BCUT2D eigenvalue weighted by molar-refractivity contribution is 5.74. The molecule has 110 valence electrons. The number of nitrogens with one attached hydrogen (secondary N) is 2. The summed E-state index contributed by atoms with van der Waals surface area (Å²) in [7, 11) is 0. The second kappa shape index (κ2) is 7.24. The van der Waals surface area contributed by atoms with E-state index in [0.717, 1.165) is 31.2 Å². The van der Waals surface area contributed by atoms with E-state index in [9.17, 15) is 14.3 Å². The summed E-state index contributed by atoms with van der Waals surface area (Å²) in [4.78, 5) is 11.7. The van der Waals surface area contributed by atoms with Crippen LogP contribution in [-0.2, 0) is 6.42 Å². The van der Waals surface area contributed by atoms with E-state index in [1.165, 1.54) is 12.1 Å². The number of hydrogen-bond donors (Lipinski definition) is 3. The van der Waals surface area contributed by atoms with Crippen molar-refractivity contribution in [1.82, 2.24) is 10.6 Å². The molecular formula is C15H21FN2O2. The maximum absolute atomic E-state index is 12.7. The van der Waals surface area contributed by atoms with Crippen molar-refractivity contribution in [3.05, 3.63) is 35.6 Å². The van der Waals surface area contributed by atoms with Crippen molar-refractivity contribution in [2.75, 3.05) is 6.54 Å². The number of amides is 2. The minimum absolute atomic E-state index is 0.157. The van der Waals surface area contributed by atoms with Crippen LogP contribution in [0.4, 0.5) is 9.18 Å². The molecule has 0 aliphatic heterocycles. The molecule has 1 aliphatic carbocycles. The van der Waals surface area contributed by atoms with Crippen molar-refractivity contribution < 1.29 is 14.3 Å². The first-order valence-electron chi connectivity index (χ1n) is 7.10. The normalized spacial score (nSPS) is 22.3. The van der Waals surface area contributed by atoms with Crippen LogP contribution in [0.2, 0.25) is 0 Å². The summed E-state index contributed by atoms with van der Waals surface area (Å²) in [5.41, 5.74) is 0.993. The lowest BCUT2D eigenvalue weighted by Crippen LogP contribution is -2.44. The van der Waals surface area contributed by atoms with Gasteiger partial charge in [0.2, 0.25) is 0 Å². The Labute approximate surface area is 118 Å². The molecule has 2 amide bonds. The zero-order valence-corrected chi connectivity index (χ0v) is 11.4. The van der Waals surface area contributed by atoms with Crippen molar-refractivity contribution in [3.8, 4) is 0 Å². The van der Waals surface area contributed by atoms with Crippen LogP contribution in [0, 0.1) is 5.82 Å². The third kappa shape index (κ3) is 4.81. The number of benzene rings is 1. The number of halogens is 1. The summed E-state index contributed by atoms with van der Waals surface area (Å²) in [6.45, 7) is 0.521. The first-order chi connectivity index (χ1) is 9.63. The van der Waals surface area contributed by atoms with Gasteiger partial charge in [-0.3, -0.25) is 0 Å². The van der Waals surface area contributed by atoms with Crippen LogP contribution < -0.4 is 10.6 Å². The quantitative estimate of drug-likeness (QED) is 0.789. The van der Waals surface area contributed by atoms with Crippen molar-refractivity contribution in [2.24, 2.45) is 0 Å². The molecule has 1 aromatic rings. The monoisotopic (exact) mass is 280 g/mol. The smallest absolute Gasteiger partial charge is 0.315 e. The van der Waals surface area contributed by atoms with Gasteiger partial charge in [-0.25, -0.2) is 9.18 Å². The zero-order valence-electron chi connectivity index (χ0n) is 11.4. The van der Waals surface area contributed by atoms with E-state index in [1.807, 2.05) is 0 Å². The highest BCUT2D eigenvalue weighted by Gasteiger charge is 2.20. The van der Waals surface area contributed by atoms with Crippen molar-refractivity contribution >= 4 is 6.03 Å². The van der Waals surface area contributed by atoms with Gasteiger partial charge in [0.15, 0.2) is 0 Å². The van der Waals surface area contributed by atoms with Gasteiger partial charge in [0.25, 0.3) is 0 Å². The number of carbonyl (C=O) groups excluding carboxylic acids is 1. The predicted molar refractivity (Wildman–Crippen MR) is 74.9 cm³/mol. The maximum Gasteiger partial charge on any atom is 0.315 e. The van der Waals surface area contributed by atoms with E-state index in [4.69, 9.17) is 0 Å². The van der Waals surface area contributed by atoms with Gasteiger partial charge in [0.1, 0.15) is 5.82 Å². The number of carbonyl (C=O) groups is 1. The molecule has 0 aromatic heterocycles. The molecule has 0 radical (unpaired) electrons. The third-order valence-electron chi connectivity index (χ3n) is 3.64. The topological polar surface area (TPSA) is 61.4 Å². The van der Waals surface area contributed by atoms with Crippen molar-refractivity contribution in [3.63, 3.8) is 0 Å². The second-order valence-corrected chi connectivity index (χ2v) is 5.28. The van der Waals surface area contributed by atoms with Crippen LogP contribution in [0.1, 0.15) is 31.2 Å². The fraction of sp³-hybridized carbons (Fsp3) is 0.533. The van der Waals surface area contributed by atoms with Crippen molar-refractivity contribution in [2.45, 2.75) is 44.2 Å². The molecule has 1 saturated carbocycles. The summed E-state index contributed by atoms with van der Waals surface area (Å²) in [5.74, 6) is -0.251. The molecule has 0 spiro atoms. The first kappa shape index (κ1) is 14.8. The molecule has 0 atom stereocenters. The number of aliphatic hydroxyl groups excluding tert-OH is 1. The molecular weight excluding hydrogens is 259 g/mol. The maximum atomic E-state index is 12.7. The summed E-state index contributed by atoms with van der Waals surface area (Å²) >= 11 is 0. The number of urea groups is 1. The summed E-state index contributed by atoms with van der Waals surface area (Å²) < 4.78 is 12.7. The fourth-order valence-corrected chi connectivity index (χ4v) is 2.43. The molecule has 5 heteroatoms. The Kier molecular flexibility index (Phi) is 5.35. The Bertz CT molecular complexity index is 428. The molecule has 3 N–H and O–H groups in total. The van der Waals surface area contributed by atoms with Gasteiger partial charge in [-0.2, -0.15) is 0 Å². The molecule has 0 bridgehead atoms. The lowest BCUT2D eigenvalue weighted by Gasteiger charge is -2.26. The molecule has 1 fully saturated rings. The zero-order chi connectivity index (χ0) is 14.4. The summed E-state index contributed by atoms with van der Waals surface area (Å²) in [5, 5.41) is 15.1. The Morgan fingerprint density at radius 2 is 1.85 bits per heavy atom. The van der Waals surface area contributed by atoms with Crippen LogP contribution in [0.5, 0.6) is 0 Å². The third-order valence-corrected chi connectivity index (χ3v) is 3.64. The standard InChI is InChI=1S/C15H21FN2O2/c16-12-3-1-11(2-4-12)9-10-17-15(20)18-13-5-7-14(19)8-6-13/h1-4,13-14,19H,5-10H2,(H2,17,18,20). The number of hydrogen-bond acceptors (Lipinski definition) is 2. The fourth-order valence-electron chi connectivity index (χ4n) is 2.43. The molecule has 0 saturated heterocycles. The van der Waals surface area contributed by atoms with Gasteiger partial charge < -0.3 is 15.7 Å². The average Bonchev–Trinajstić information content (AvgIpc) is 2.44. The Balaban J connectivity index is 1.64. The van der Waals surface area contributed by atoms with Gasteiger partial charge in [0.05, 0.1) is 6.10 Å². The van der Waals surface area contributed by atoms with Crippen LogP contribution in [-0.4, -0.2) is 29.8 Å². The average molecular weight is 280 g/mol. The molecule has 2 rings (SSSR count). The predicted octanol–water partition coefficient (Wildman–Crippen LogP) is 1.97. The van der Waals surface area contributed by atoms with E-state index in [1.54, 1.807) is 12.1 Å². The molecule has 20 heavy (non-hydrogen) atoms.